The molecule has 2 amide bonds. The van der Waals surface area contributed by atoms with Crippen molar-refractivity contribution in [2.24, 2.45) is 11.3 Å². The van der Waals surface area contributed by atoms with Crippen LogP contribution in [0.1, 0.15) is 19.8 Å². The number of carbonyl (C=O) groups is 2. The molecule has 2 aliphatic heterocycles. The third-order valence-corrected chi connectivity index (χ3v) is 6.84. The molecule has 3 rings (SSSR count). The van der Waals surface area contributed by atoms with Gasteiger partial charge in [0.05, 0.1) is 16.9 Å². The predicted molar refractivity (Wildman–Crippen MR) is 93.8 cm³/mol. The third kappa shape index (κ3) is 3.09. The lowest BCUT2D eigenvalue weighted by atomic mass is 9.78. The molecule has 1 aromatic rings. The lowest BCUT2D eigenvalue weighted by Crippen LogP contribution is -2.40. The zero-order valence-corrected chi connectivity index (χ0v) is 15.5. The van der Waals surface area contributed by atoms with E-state index in [1.54, 1.807) is 16.2 Å². The Morgan fingerprint density at radius 1 is 1.46 bits per heavy atom. The van der Waals surface area contributed by atoms with E-state index in [9.17, 15) is 18.0 Å². The zero-order chi connectivity index (χ0) is 17.5. The van der Waals surface area contributed by atoms with Crippen LogP contribution in [0.3, 0.4) is 0 Å². The highest BCUT2D eigenvalue weighted by Gasteiger charge is 2.56. The smallest absolute Gasteiger partial charge is 0.235 e. The number of hydrogen-bond donors (Lipinski definition) is 0. The molecule has 24 heavy (non-hydrogen) atoms. The predicted octanol–water partition coefficient (Wildman–Crippen LogP) is 1.38. The van der Waals surface area contributed by atoms with Crippen molar-refractivity contribution in [1.29, 1.82) is 0 Å². The first-order valence-corrected chi connectivity index (χ1v) is 11.0. The molecule has 3 heterocycles. The Morgan fingerprint density at radius 2 is 2.21 bits per heavy atom. The fraction of sp³-hybridized carbons (Fsp3) is 0.625. The van der Waals surface area contributed by atoms with Gasteiger partial charge in [0.1, 0.15) is 9.84 Å². The van der Waals surface area contributed by atoms with Crippen LogP contribution in [0.25, 0.3) is 0 Å². The molecule has 2 atom stereocenters. The Morgan fingerprint density at radius 3 is 2.83 bits per heavy atom. The van der Waals surface area contributed by atoms with Crippen molar-refractivity contribution in [3.63, 3.8) is 0 Å². The van der Waals surface area contributed by atoms with Gasteiger partial charge in [0.2, 0.25) is 11.8 Å². The maximum absolute atomic E-state index is 13.0. The van der Waals surface area contributed by atoms with Gasteiger partial charge in [-0.15, -0.1) is 0 Å². The number of hydrogen-bond acceptors (Lipinski definition) is 5. The molecular formula is C16H22N2O4S2. The molecule has 0 N–H and O–H groups in total. The van der Waals surface area contributed by atoms with Crippen LogP contribution >= 0.6 is 11.3 Å². The van der Waals surface area contributed by atoms with Crippen LogP contribution in [0, 0.1) is 11.3 Å². The van der Waals surface area contributed by atoms with Crippen molar-refractivity contribution in [2.75, 3.05) is 36.5 Å². The van der Waals surface area contributed by atoms with Gasteiger partial charge in [-0.05, 0) is 23.8 Å². The van der Waals surface area contributed by atoms with Crippen molar-refractivity contribution in [3.8, 4) is 0 Å². The number of likely N-dealkylation sites (tertiary alicyclic amines) is 1. The van der Waals surface area contributed by atoms with Crippen LogP contribution in [0.2, 0.25) is 0 Å². The molecule has 0 saturated carbocycles. The van der Waals surface area contributed by atoms with Gasteiger partial charge in [0.15, 0.2) is 0 Å². The van der Waals surface area contributed by atoms with Gasteiger partial charge in [-0.2, -0.15) is 11.3 Å². The minimum atomic E-state index is -3.16. The normalized spacial score (nSPS) is 27.4. The Balaban J connectivity index is 1.72. The van der Waals surface area contributed by atoms with Crippen molar-refractivity contribution in [2.45, 2.75) is 19.8 Å². The van der Waals surface area contributed by atoms with Crippen LogP contribution in [0.5, 0.6) is 0 Å². The van der Waals surface area contributed by atoms with E-state index < -0.39 is 15.3 Å². The highest BCUT2D eigenvalue weighted by molar-refractivity contribution is 7.90. The van der Waals surface area contributed by atoms with E-state index >= 15 is 0 Å². The Bertz CT molecular complexity index is 744. The van der Waals surface area contributed by atoms with Gasteiger partial charge in [-0.3, -0.25) is 9.59 Å². The molecule has 2 saturated heterocycles. The monoisotopic (exact) mass is 370 g/mol. The molecule has 2 fully saturated rings. The Hall–Kier alpha value is -1.41. The van der Waals surface area contributed by atoms with E-state index in [2.05, 4.69) is 0 Å². The molecular weight excluding hydrogens is 348 g/mol. The molecule has 0 bridgehead atoms. The molecule has 1 spiro atoms. The summed E-state index contributed by atoms with van der Waals surface area (Å²) < 4.78 is 22.5. The lowest BCUT2D eigenvalue weighted by Gasteiger charge is -2.26. The molecule has 8 heteroatoms. The lowest BCUT2D eigenvalue weighted by molar-refractivity contribution is -0.131. The molecule has 0 aliphatic carbocycles. The van der Waals surface area contributed by atoms with Crippen LogP contribution in [-0.4, -0.2) is 56.8 Å². The largest absolute Gasteiger partial charge is 0.341 e. The number of sulfone groups is 1. The van der Waals surface area contributed by atoms with E-state index in [1.165, 1.54) is 0 Å². The first-order chi connectivity index (χ1) is 11.2. The summed E-state index contributed by atoms with van der Waals surface area (Å²) in [5, 5.41) is 3.91. The summed E-state index contributed by atoms with van der Waals surface area (Å²) in [5.41, 5.74) is 0.402. The number of rotatable bonds is 4. The van der Waals surface area contributed by atoms with Gasteiger partial charge in [-0.25, -0.2) is 8.42 Å². The SMILES string of the molecule is C[C@@H]1CN(C(=O)CCS(C)(=O)=O)C[C@]12CCN(c1ccsc1)C2=O. The van der Waals surface area contributed by atoms with Crippen molar-refractivity contribution < 1.29 is 18.0 Å². The zero-order valence-electron chi connectivity index (χ0n) is 13.9. The maximum atomic E-state index is 13.0. The average molecular weight is 370 g/mol. The van der Waals surface area contributed by atoms with Crippen LogP contribution in [-0.2, 0) is 19.4 Å². The van der Waals surface area contributed by atoms with Crippen molar-refractivity contribution >= 4 is 38.7 Å². The number of anilines is 1. The fourth-order valence-corrected chi connectivity index (χ4v) is 4.92. The number of nitrogens with zero attached hydrogens (tertiary/aromatic N) is 2. The Kier molecular flexibility index (Phi) is 4.46. The number of amides is 2. The van der Waals surface area contributed by atoms with Gasteiger partial charge in [-0.1, -0.05) is 6.92 Å². The van der Waals surface area contributed by atoms with E-state index in [4.69, 9.17) is 0 Å². The molecule has 132 valence electrons. The first-order valence-electron chi connectivity index (χ1n) is 8.03. The van der Waals surface area contributed by atoms with Gasteiger partial charge >= 0.3 is 0 Å². The van der Waals surface area contributed by atoms with Crippen LogP contribution in [0.15, 0.2) is 16.8 Å². The van der Waals surface area contributed by atoms with Gasteiger partial charge < -0.3 is 9.80 Å². The highest BCUT2D eigenvalue weighted by Crippen LogP contribution is 2.46. The second-order valence-corrected chi connectivity index (χ2v) is 9.94. The van der Waals surface area contributed by atoms with Crippen molar-refractivity contribution in [1.82, 2.24) is 4.90 Å². The fourth-order valence-electron chi connectivity index (χ4n) is 3.74. The van der Waals surface area contributed by atoms with Gasteiger partial charge in [0, 0.05) is 37.7 Å². The molecule has 0 radical (unpaired) electrons. The molecule has 0 aromatic carbocycles. The summed E-state index contributed by atoms with van der Waals surface area (Å²) >= 11 is 1.56. The minimum Gasteiger partial charge on any atom is -0.341 e. The molecule has 0 unspecified atom stereocenters. The maximum Gasteiger partial charge on any atom is 0.235 e. The summed E-state index contributed by atoms with van der Waals surface area (Å²) in [4.78, 5) is 28.8. The second kappa shape index (κ2) is 6.15. The summed E-state index contributed by atoms with van der Waals surface area (Å²) in [6, 6.07) is 1.94. The second-order valence-electron chi connectivity index (χ2n) is 6.90. The molecule has 1 aromatic heterocycles. The topological polar surface area (TPSA) is 74.8 Å². The quantitative estimate of drug-likeness (QED) is 0.803. The Labute approximate surface area is 146 Å². The highest BCUT2D eigenvalue weighted by atomic mass is 32.2. The summed E-state index contributed by atoms with van der Waals surface area (Å²) in [5.74, 6) is -0.146. The number of thiophene rings is 1. The first kappa shape index (κ1) is 17.4. The van der Waals surface area contributed by atoms with E-state index in [0.29, 0.717) is 19.6 Å². The third-order valence-electron chi connectivity index (χ3n) is 5.22. The van der Waals surface area contributed by atoms with E-state index in [1.807, 2.05) is 28.7 Å². The standard InChI is InChI=1S/C16H22N2O4S2/c1-12-9-17(14(19)4-8-24(2,21)22)11-16(12)5-6-18(15(16)20)13-3-7-23-10-13/h3,7,10,12H,4-6,8-9,11H2,1-2H3/t12-,16-/m1/s1. The summed E-state index contributed by atoms with van der Waals surface area (Å²) in [7, 11) is -3.16. The number of carbonyl (C=O) groups excluding carboxylic acids is 2. The van der Waals surface area contributed by atoms with Gasteiger partial charge in [0.25, 0.3) is 0 Å². The average Bonchev–Trinajstić information content (AvgIpc) is 3.19. The van der Waals surface area contributed by atoms with Crippen LogP contribution < -0.4 is 4.90 Å². The minimum absolute atomic E-state index is 0.00985. The van der Waals surface area contributed by atoms with E-state index in [0.717, 1.165) is 18.4 Å². The van der Waals surface area contributed by atoms with Crippen LogP contribution in [0.4, 0.5) is 5.69 Å². The van der Waals surface area contributed by atoms with E-state index in [-0.39, 0.29) is 29.9 Å². The molecule has 6 nitrogen and oxygen atoms in total. The van der Waals surface area contributed by atoms with Crippen molar-refractivity contribution in [3.05, 3.63) is 16.8 Å². The summed E-state index contributed by atoms with van der Waals surface area (Å²) in [6.07, 6.45) is 1.86. The summed E-state index contributed by atoms with van der Waals surface area (Å²) in [6.45, 7) is 3.60. The molecule has 2 aliphatic rings.